The largest absolute Gasteiger partial charge is 0.418 e. The number of amides is 2. The lowest BCUT2D eigenvalue weighted by atomic mass is 10.1. The molecule has 1 fully saturated rings. The summed E-state index contributed by atoms with van der Waals surface area (Å²) in [5.41, 5.74) is 0. The molecule has 0 aromatic heterocycles. The van der Waals surface area contributed by atoms with E-state index in [0.717, 1.165) is 19.4 Å². The van der Waals surface area contributed by atoms with E-state index in [4.69, 9.17) is 9.16 Å². The lowest BCUT2D eigenvalue weighted by Crippen LogP contribution is -2.29. The maximum atomic E-state index is 11.3. The Hall–Kier alpha value is -0.723. The topological polar surface area (TPSA) is 64.6 Å². The van der Waals surface area contributed by atoms with Gasteiger partial charge in [0.25, 0.3) is 5.91 Å². The molecule has 1 N–H and O–H groups in total. The first-order chi connectivity index (χ1) is 11.9. The second kappa shape index (κ2) is 12.6. The van der Waals surface area contributed by atoms with Gasteiger partial charge in [0.2, 0.25) is 5.91 Å². The summed E-state index contributed by atoms with van der Waals surface area (Å²) in [5.74, 6) is -0.504. The predicted octanol–water partition coefficient (Wildman–Crippen LogP) is 4.17. The minimum atomic E-state index is -1.37. The van der Waals surface area contributed by atoms with Gasteiger partial charge in [0.1, 0.15) is 6.10 Å². The highest BCUT2D eigenvalue weighted by Gasteiger charge is 2.30. The standard InChI is InChI=1S/C19H37NO4Si/c1-4-24-25(2,3)15-13-11-9-7-5-6-8-10-12-14-23-17-16-18(21)20-19(17)22/h17H,4-16H2,1-3H3,(H,20,21,22)/t17-/m1/s1. The van der Waals surface area contributed by atoms with Crippen molar-refractivity contribution in [1.82, 2.24) is 5.32 Å². The van der Waals surface area contributed by atoms with Crippen LogP contribution in [0.25, 0.3) is 0 Å². The Kier molecular flexibility index (Phi) is 11.2. The Labute approximate surface area is 154 Å². The zero-order valence-electron chi connectivity index (χ0n) is 16.4. The number of hydrogen-bond acceptors (Lipinski definition) is 4. The number of unbranched alkanes of at least 4 members (excludes halogenated alkanes) is 8. The van der Waals surface area contributed by atoms with Gasteiger partial charge in [0.05, 0.1) is 6.42 Å². The number of carbonyl (C=O) groups excluding carboxylic acids is 2. The van der Waals surface area contributed by atoms with Gasteiger partial charge in [-0.15, -0.1) is 0 Å². The molecule has 146 valence electrons. The third kappa shape index (κ3) is 10.8. The quantitative estimate of drug-likeness (QED) is 0.266. The molecule has 0 bridgehead atoms. The summed E-state index contributed by atoms with van der Waals surface area (Å²) < 4.78 is 11.3. The van der Waals surface area contributed by atoms with Gasteiger partial charge in [-0.1, -0.05) is 51.4 Å². The van der Waals surface area contributed by atoms with Gasteiger partial charge in [0.15, 0.2) is 8.32 Å². The molecule has 0 aromatic carbocycles. The summed E-state index contributed by atoms with van der Waals surface area (Å²) in [4.78, 5) is 22.4. The average molecular weight is 372 g/mol. The van der Waals surface area contributed by atoms with Crippen molar-refractivity contribution >= 4 is 20.1 Å². The van der Waals surface area contributed by atoms with Crippen LogP contribution in [0.3, 0.4) is 0 Å². The lowest BCUT2D eigenvalue weighted by Gasteiger charge is -2.21. The fourth-order valence-electron chi connectivity index (χ4n) is 3.24. The molecule has 1 heterocycles. The van der Waals surface area contributed by atoms with Crippen molar-refractivity contribution in [2.75, 3.05) is 13.2 Å². The molecule has 0 aliphatic carbocycles. The Bertz CT molecular complexity index is 401. The van der Waals surface area contributed by atoms with E-state index in [9.17, 15) is 9.59 Å². The molecular weight excluding hydrogens is 334 g/mol. The Morgan fingerprint density at radius 1 is 0.960 bits per heavy atom. The van der Waals surface area contributed by atoms with Gasteiger partial charge >= 0.3 is 0 Å². The molecule has 1 saturated heterocycles. The molecule has 0 aromatic rings. The normalized spacial score (nSPS) is 18.0. The molecule has 1 aliphatic heterocycles. The summed E-state index contributed by atoms with van der Waals surface area (Å²) in [7, 11) is -1.37. The first-order valence-electron chi connectivity index (χ1n) is 10.0. The van der Waals surface area contributed by atoms with Gasteiger partial charge in [-0.05, 0) is 32.5 Å². The van der Waals surface area contributed by atoms with Crippen LogP contribution in [-0.4, -0.2) is 39.4 Å². The van der Waals surface area contributed by atoms with Crippen LogP contribution < -0.4 is 5.32 Å². The van der Waals surface area contributed by atoms with Crippen LogP contribution in [0.5, 0.6) is 0 Å². The van der Waals surface area contributed by atoms with E-state index in [1.807, 2.05) is 0 Å². The third-order valence-corrected chi connectivity index (χ3v) is 7.33. The molecular formula is C19H37NO4Si. The molecule has 0 spiro atoms. The van der Waals surface area contributed by atoms with E-state index in [1.54, 1.807) is 0 Å². The molecule has 0 radical (unpaired) electrons. The summed E-state index contributed by atoms with van der Waals surface area (Å²) in [6.45, 7) is 8.16. The Morgan fingerprint density at radius 3 is 2.04 bits per heavy atom. The maximum absolute atomic E-state index is 11.3. The summed E-state index contributed by atoms with van der Waals surface area (Å²) in [5, 5.41) is 2.26. The second-order valence-electron chi connectivity index (χ2n) is 7.60. The molecule has 5 nitrogen and oxygen atoms in total. The Morgan fingerprint density at radius 2 is 1.52 bits per heavy atom. The first kappa shape index (κ1) is 22.3. The molecule has 2 amide bonds. The Balaban J connectivity index is 1.82. The number of nitrogens with one attached hydrogen (secondary N) is 1. The van der Waals surface area contributed by atoms with Crippen molar-refractivity contribution in [1.29, 1.82) is 0 Å². The van der Waals surface area contributed by atoms with Crippen molar-refractivity contribution in [3.63, 3.8) is 0 Å². The van der Waals surface area contributed by atoms with Gasteiger partial charge in [-0.2, -0.15) is 0 Å². The number of carbonyl (C=O) groups is 2. The van der Waals surface area contributed by atoms with Crippen LogP contribution in [-0.2, 0) is 18.8 Å². The summed E-state index contributed by atoms with van der Waals surface area (Å²) in [6, 6.07) is 1.28. The summed E-state index contributed by atoms with van der Waals surface area (Å²) in [6.07, 6.45) is 10.9. The van der Waals surface area contributed by atoms with Crippen LogP contribution in [0.2, 0.25) is 19.1 Å². The minimum absolute atomic E-state index is 0.184. The van der Waals surface area contributed by atoms with E-state index >= 15 is 0 Å². The van der Waals surface area contributed by atoms with E-state index < -0.39 is 14.4 Å². The molecule has 0 saturated carbocycles. The summed E-state index contributed by atoms with van der Waals surface area (Å²) >= 11 is 0. The van der Waals surface area contributed by atoms with Crippen molar-refractivity contribution < 1.29 is 18.8 Å². The molecule has 1 rings (SSSR count). The molecule has 25 heavy (non-hydrogen) atoms. The lowest BCUT2D eigenvalue weighted by molar-refractivity contribution is -0.129. The molecule has 1 aliphatic rings. The van der Waals surface area contributed by atoms with E-state index in [2.05, 4.69) is 25.3 Å². The highest BCUT2D eigenvalue weighted by atomic mass is 28.4. The zero-order chi connectivity index (χ0) is 18.5. The number of hydrogen-bond donors (Lipinski definition) is 1. The number of rotatable bonds is 15. The third-order valence-electron chi connectivity index (χ3n) is 4.70. The van der Waals surface area contributed by atoms with E-state index in [-0.39, 0.29) is 18.2 Å². The first-order valence-corrected chi connectivity index (χ1v) is 13.2. The van der Waals surface area contributed by atoms with Crippen LogP contribution in [0, 0.1) is 0 Å². The van der Waals surface area contributed by atoms with Gasteiger partial charge in [0, 0.05) is 13.2 Å². The monoisotopic (exact) mass is 371 g/mol. The minimum Gasteiger partial charge on any atom is -0.418 e. The van der Waals surface area contributed by atoms with Gasteiger partial charge in [-0.3, -0.25) is 14.9 Å². The van der Waals surface area contributed by atoms with Gasteiger partial charge < -0.3 is 9.16 Å². The smallest absolute Gasteiger partial charge is 0.256 e. The van der Waals surface area contributed by atoms with Gasteiger partial charge in [-0.25, -0.2) is 0 Å². The molecule has 6 heteroatoms. The number of imide groups is 1. The zero-order valence-corrected chi connectivity index (χ0v) is 17.4. The van der Waals surface area contributed by atoms with E-state index in [1.165, 1.54) is 51.0 Å². The molecule has 0 unspecified atom stereocenters. The maximum Gasteiger partial charge on any atom is 0.256 e. The van der Waals surface area contributed by atoms with Crippen LogP contribution in [0.15, 0.2) is 0 Å². The average Bonchev–Trinajstić information content (AvgIpc) is 2.86. The SMILES string of the molecule is CCO[Si](C)(C)CCCCCCCCCCCO[C@@H]1CC(=O)NC1=O. The fourth-order valence-corrected chi connectivity index (χ4v) is 5.27. The van der Waals surface area contributed by atoms with Crippen LogP contribution >= 0.6 is 0 Å². The second-order valence-corrected chi connectivity index (χ2v) is 11.9. The number of ether oxygens (including phenoxy) is 1. The van der Waals surface area contributed by atoms with Crippen molar-refractivity contribution in [3.8, 4) is 0 Å². The van der Waals surface area contributed by atoms with Crippen LogP contribution in [0.4, 0.5) is 0 Å². The van der Waals surface area contributed by atoms with Crippen molar-refractivity contribution in [2.24, 2.45) is 0 Å². The fraction of sp³-hybridized carbons (Fsp3) is 0.895. The highest BCUT2D eigenvalue weighted by molar-refractivity contribution is 6.71. The predicted molar refractivity (Wildman–Crippen MR) is 103 cm³/mol. The van der Waals surface area contributed by atoms with Crippen molar-refractivity contribution in [2.45, 2.75) is 96.4 Å². The van der Waals surface area contributed by atoms with Crippen molar-refractivity contribution in [3.05, 3.63) is 0 Å². The molecule has 1 atom stereocenters. The van der Waals surface area contributed by atoms with Crippen LogP contribution in [0.1, 0.15) is 71.1 Å². The highest BCUT2D eigenvalue weighted by Crippen LogP contribution is 2.17. The van der Waals surface area contributed by atoms with E-state index in [0.29, 0.717) is 6.61 Å².